The Bertz CT molecular complexity index is 983. The van der Waals surface area contributed by atoms with Crippen LogP contribution in [0.3, 0.4) is 0 Å². The zero-order valence-electron chi connectivity index (χ0n) is 16.1. The summed E-state index contributed by atoms with van der Waals surface area (Å²) in [7, 11) is -3.46. The average molecular weight is 417 g/mol. The van der Waals surface area contributed by atoms with Crippen LogP contribution in [0.2, 0.25) is 0 Å². The van der Waals surface area contributed by atoms with Gasteiger partial charge in [-0.2, -0.15) is 0 Å². The fraction of sp³-hybridized carbons (Fsp3) is 0.300. The Labute approximate surface area is 169 Å². The molecule has 1 aliphatic rings. The third-order valence-electron chi connectivity index (χ3n) is 4.36. The van der Waals surface area contributed by atoms with Gasteiger partial charge < -0.3 is 15.0 Å². The summed E-state index contributed by atoms with van der Waals surface area (Å²) in [5.41, 5.74) is 2.12. The van der Waals surface area contributed by atoms with Crippen LogP contribution in [-0.4, -0.2) is 46.2 Å². The van der Waals surface area contributed by atoms with Crippen molar-refractivity contribution in [1.29, 1.82) is 0 Å². The highest BCUT2D eigenvalue weighted by atomic mass is 32.2. The van der Waals surface area contributed by atoms with E-state index in [1.807, 2.05) is 24.3 Å². The van der Waals surface area contributed by atoms with E-state index < -0.39 is 28.5 Å². The highest BCUT2D eigenvalue weighted by Gasteiger charge is 2.14. The van der Waals surface area contributed by atoms with E-state index in [1.54, 1.807) is 0 Å². The largest absolute Gasteiger partial charge is 0.452 e. The van der Waals surface area contributed by atoms with Gasteiger partial charge >= 0.3 is 5.97 Å². The van der Waals surface area contributed by atoms with Crippen LogP contribution in [0.5, 0.6) is 0 Å². The summed E-state index contributed by atoms with van der Waals surface area (Å²) < 4.78 is 29.9. The van der Waals surface area contributed by atoms with Gasteiger partial charge in [-0.05, 0) is 55.3 Å². The highest BCUT2D eigenvalue weighted by molar-refractivity contribution is 7.92. The maximum absolute atomic E-state index is 12.1. The van der Waals surface area contributed by atoms with E-state index in [2.05, 4.69) is 14.9 Å². The molecule has 0 atom stereocenters. The Morgan fingerprint density at radius 1 is 1.03 bits per heavy atom. The lowest BCUT2D eigenvalue weighted by Crippen LogP contribution is -2.21. The minimum atomic E-state index is -3.46. The number of carbonyl (C=O) groups is 2. The minimum Gasteiger partial charge on any atom is -0.452 e. The summed E-state index contributed by atoms with van der Waals surface area (Å²) in [6.07, 6.45) is 3.40. The van der Waals surface area contributed by atoms with E-state index in [1.165, 1.54) is 37.1 Å². The maximum Gasteiger partial charge on any atom is 0.338 e. The predicted molar refractivity (Wildman–Crippen MR) is 112 cm³/mol. The van der Waals surface area contributed by atoms with Gasteiger partial charge in [0.1, 0.15) is 0 Å². The molecule has 0 aromatic heterocycles. The molecule has 0 unspecified atom stereocenters. The first-order valence-electron chi connectivity index (χ1n) is 9.20. The second-order valence-corrected chi connectivity index (χ2v) is 8.57. The first kappa shape index (κ1) is 20.7. The van der Waals surface area contributed by atoms with Crippen LogP contribution in [0.1, 0.15) is 23.2 Å². The fourth-order valence-electron chi connectivity index (χ4n) is 3.07. The van der Waals surface area contributed by atoms with E-state index in [0.717, 1.165) is 25.0 Å². The lowest BCUT2D eigenvalue weighted by atomic mass is 10.2. The Kier molecular flexibility index (Phi) is 6.38. The van der Waals surface area contributed by atoms with Crippen LogP contribution in [0.15, 0.2) is 48.5 Å². The first-order valence-corrected chi connectivity index (χ1v) is 11.1. The van der Waals surface area contributed by atoms with Crippen LogP contribution in [0.4, 0.5) is 17.1 Å². The number of anilines is 3. The molecule has 1 saturated heterocycles. The average Bonchev–Trinajstić information content (AvgIpc) is 3.20. The van der Waals surface area contributed by atoms with E-state index in [9.17, 15) is 18.0 Å². The molecule has 1 heterocycles. The first-order chi connectivity index (χ1) is 13.8. The topological polar surface area (TPSA) is 105 Å². The van der Waals surface area contributed by atoms with Crippen molar-refractivity contribution >= 4 is 39.0 Å². The number of nitrogens with one attached hydrogen (secondary N) is 2. The number of rotatable bonds is 7. The van der Waals surface area contributed by atoms with Gasteiger partial charge in [-0.3, -0.25) is 9.52 Å². The third-order valence-corrected chi connectivity index (χ3v) is 4.96. The van der Waals surface area contributed by atoms with Crippen molar-refractivity contribution in [2.75, 3.05) is 40.9 Å². The number of ether oxygens (including phenoxy) is 1. The van der Waals surface area contributed by atoms with Gasteiger partial charge in [0.2, 0.25) is 10.0 Å². The SMILES string of the molecule is CS(=O)(=O)Nc1cccc(C(=O)OCC(=O)Nc2ccc(N3CCCC3)cc2)c1. The van der Waals surface area contributed by atoms with Crippen molar-refractivity contribution in [2.24, 2.45) is 0 Å². The number of nitrogens with zero attached hydrogens (tertiary/aromatic N) is 1. The Hall–Kier alpha value is -3.07. The van der Waals surface area contributed by atoms with Crippen LogP contribution in [0.25, 0.3) is 0 Å². The summed E-state index contributed by atoms with van der Waals surface area (Å²) in [6.45, 7) is 1.64. The molecule has 2 aromatic carbocycles. The molecule has 8 nitrogen and oxygen atoms in total. The molecule has 0 bridgehead atoms. The lowest BCUT2D eigenvalue weighted by Gasteiger charge is -2.17. The second kappa shape index (κ2) is 8.95. The molecule has 1 fully saturated rings. The van der Waals surface area contributed by atoms with Gasteiger partial charge in [0, 0.05) is 30.2 Å². The monoisotopic (exact) mass is 417 g/mol. The van der Waals surface area contributed by atoms with Crippen LogP contribution < -0.4 is 14.9 Å². The molecule has 0 radical (unpaired) electrons. The zero-order chi connectivity index (χ0) is 20.9. The van der Waals surface area contributed by atoms with E-state index in [-0.39, 0.29) is 11.3 Å². The van der Waals surface area contributed by atoms with E-state index in [0.29, 0.717) is 5.69 Å². The van der Waals surface area contributed by atoms with E-state index >= 15 is 0 Å². The Morgan fingerprint density at radius 2 is 1.72 bits per heavy atom. The maximum atomic E-state index is 12.1. The lowest BCUT2D eigenvalue weighted by molar-refractivity contribution is -0.119. The molecule has 154 valence electrons. The molecule has 3 rings (SSSR count). The number of hydrogen-bond donors (Lipinski definition) is 2. The predicted octanol–water partition coefficient (Wildman–Crippen LogP) is 2.45. The van der Waals surface area contributed by atoms with Crippen molar-refractivity contribution in [3.63, 3.8) is 0 Å². The summed E-state index contributed by atoms with van der Waals surface area (Å²) >= 11 is 0. The van der Waals surface area contributed by atoms with Gasteiger partial charge in [0.15, 0.2) is 6.61 Å². The zero-order valence-corrected chi connectivity index (χ0v) is 16.9. The molecule has 0 spiro atoms. The van der Waals surface area contributed by atoms with E-state index in [4.69, 9.17) is 4.74 Å². The molecule has 2 N–H and O–H groups in total. The van der Waals surface area contributed by atoms with Gasteiger partial charge in [-0.25, -0.2) is 13.2 Å². The summed E-state index contributed by atoms with van der Waals surface area (Å²) in [5, 5.41) is 2.68. The molecule has 0 saturated carbocycles. The van der Waals surface area contributed by atoms with Gasteiger partial charge in [0.05, 0.1) is 11.8 Å². The van der Waals surface area contributed by atoms with Crippen molar-refractivity contribution in [3.8, 4) is 0 Å². The molecule has 29 heavy (non-hydrogen) atoms. The molecule has 9 heteroatoms. The third kappa shape index (κ3) is 6.21. The van der Waals surface area contributed by atoms with Crippen molar-refractivity contribution < 1.29 is 22.7 Å². The smallest absolute Gasteiger partial charge is 0.338 e. The molecule has 1 aliphatic heterocycles. The number of amides is 1. The normalized spacial score (nSPS) is 13.8. The van der Waals surface area contributed by atoms with Gasteiger partial charge in [0.25, 0.3) is 5.91 Å². The Morgan fingerprint density at radius 3 is 2.38 bits per heavy atom. The molecule has 0 aliphatic carbocycles. The molecule has 1 amide bonds. The summed E-state index contributed by atoms with van der Waals surface area (Å²) in [4.78, 5) is 26.5. The van der Waals surface area contributed by atoms with Gasteiger partial charge in [-0.15, -0.1) is 0 Å². The molecular weight excluding hydrogens is 394 g/mol. The number of carbonyl (C=O) groups excluding carboxylic acids is 2. The van der Waals surface area contributed by atoms with Crippen LogP contribution in [0, 0.1) is 0 Å². The Balaban J connectivity index is 1.51. The summed E-state index contributed by atoms with van der Waals surface area (Å²) in [5.74, 6) is -1.18. The van der Waals surface area contributed by atoms with Gasteiger partial charge in [-0.1, -0.05) is 6.07 Å². The number of benzene rings is 2. The van der Waals surface area contributed by atoms with Crippen molar-refractivity contribution in [3.05, 3.63) is 54.1 Å². The van der Waals surface area contributed by atoms with Crippen molar-refractivity contribution in [1.82, 2.24) is 0 Å². The van der Waals surface area contributed by atoms with Crippen molar-refractivity contribution in [2.45, 2.75) is 12.8 Å². The highest BCUT2D eigenvalue weighted by Crippen LogP contribution is 2.22. The van der Waals surface area contributed by atoms with Crippen LogP contribution in [-0.2, 0) is 19.6 Å². The number of hydrogen-bond acceptors (Lipinski definition) is 6. The second-order valence-electron chi connectivity index (χ2n) is 6.82. The number of esters is 1. The molecule has 2 aromatic rings. The quantitative estimate of drug-likeness (QED) is 0.671. The fourth-order valence-corrected chi connectivity index (χ4v) is 3.62. The summed E-state index contributed by atoms with van der Waals surface area (Å²) in [6, 6.07) is 13.4. The minimum absolute atomic E-state index is 0.140. The van der Waals surface area contributed by atoms with Crippen LogP contribution >= 0.6 is 0 Å². The standard InChI is InChI=1S/C20H23N3O5S/c1-29(26,27)22-17-6-4-5-15(13-17)20(25)28-14-19(24)21-16-7-9-18(10-8-16)23-11-2-3-12-23/h4-10,13,22H,2-3,11-12,14H2,1H3,(H,21,24). The number of sulfonamides is 1. The molecular formula is C20H23N3O5S.